The Hall–Kier alpha value is -2.86. The molecule has 0 atom stereocenters. The number of benzene rings is 2. The van der Waals surface area contributed by atoms with Crippen LogP contribution in [0.15, 0.2) is 69.8 Å². The minimum atomic E-state index is -0.541. The van der Waals surface area contributed by atoms with Crippen molar-refractivity contribution in [3.63, 3.8) is 0 Å². The molecular weight excluding hydrogens is 410 g/mol. The molecule has 0 aliphatic carbocycles. The van der Waals surface area contributed by atoms with E-state index in [1.165, 1.54) is 12.0 Å². The summed E-state index contributed by atoms with van der Waals surface area (Å²) in [5.74, 6) is -0.132. The van der Waals surface area contributed by atoms with Gasteiger partial charge in [-0.2, -0.15) is 0 Å². The molecule has 1 aliphatic heterocycles. The van der Waals surface area contributed by atoms with Crippen LogP contribution in [0.25, 0.3) is 6.08 Å². The van der Waals surface area contributed by atoms with Crippen molar-refractivity contribution in [3.05, 3.63) is 75.4 Å². The van der Waals surface area contributed by atoms with Gasteiger partial charge in [0.25, 0.3) is 5.91 Å². The quantitative estimate of drug-likeness (QED) is 0.537. The fraction of sp³-hybridized carbons (Fsp3) is 0.143. The number of anilines is 1. The largest absolute Gasteiger partial charge is 0.497 e. The van der Waals surface area contributed by atoms with Crippen LogP contribution >= 0.6 is 15.9 Å². The van der Waals surface area contributed by atoms with Gasteiger partial charge in [-0.05, 0) is 55.0 Å². The number of amides is 1. The fourth-order valence-electron chi connectivity index (χ4n) is 2.95. The monoisotopic (exact) mass is 427 g/mol. The molecule has 0 aromatic heterocycles. The smallest absolute Gasteiger partial charge is 0.340 e. The summed E-state index contributed by atoms with van der Waals surface area (Å²) >= 11 is 3.39. The molecule has 5 nitrogen and oxygen atoms in total. The van der Waals surface area contributed by atoms with E-state index in [1.807, 2.05) is 24.3 Å². The number of nitrogens with zero attached hydrogens (tertiary/aromatic N) is 1. The van der Waals surface area contributed by atoms with Crippen LogP contribution in [0.3, 0.4) is 0 Å². The molecule has 0 spiro atoms. The SMILES string of the molecule is COC(=O)C1=C(C)N(c2ccc(OC)cc2)C(=O)/C1=C\c1ccc(Br)cc1. The fourth-order valence-corrected chi connectivity index (χ4v) is 3.21. The number of ether oxygens (including phenoxy) is 2. The van der Waals surface area contributed by atoms with E-state index in [0.717, 1.165) is 10.0 Å². The molecular formula is C21H18BrNO4. The summed E-state index contributed by atoms with van der Waals surface area (Å²) in [5.41, 5.74) is 2.56. The minimum Gasteiger partial charge on any atom is -0.497 e. The van der Waals surface area contributed by atoms with Crippen LogP contribution in [-0.4, -0.2) is 26.1 Å². The van der Waals surface area contributed by atoms with Gasteiger partial charge in [-0.15, -0.1) is 0 Å². The van der Waals surface area contributed by atoms with Gasteiger partial charge in [-0.1, -0.05) is 28.1 Å². The van der Waals surface area contributed by atoms with E-state index in [1.54, 1.807) is 44.4 Å². The summed E-state index contributed by atoms with van der Waals surface area (Å²) in [6.07, 6.45) is 1.70. The lowest BCUT2D eigenvalue weighted by molar-refractivity contribution is -0.136. The molecule has 1 amide bonds. The van der Waals surface area contributed by atoms with E-state index < -0.39 is 5.97 Å². The van der Waals surface area contributed by atoms with Crippen molar-refractivity contribution in [2.45, 2.75) is 6.92 Å². The Morgan fingerprint density at radius 1 is 1.04 bits per heavy atom. The van der Waals surface area contributed by atoms with Gasteiger partial charge in [0.05, 0.1) is 25.4 Å². The normalized spacial score (nSPS) is 15.5. The van der Waals surface area contributed by atoms with Gasteiger partial charge >= 0.3 is 5.97 Å². The number of allylic oxidation sites excluding steroid dienone is 1. The van der Waals surface area contributed by atoms with Crippen LogP contribution in [0.2, 0.25) is 0 Å². The number of hydrogen-bond acceptors (Lipinski definition) is 4. The number of halogens is 1. The van der Waals surface area contributed by atoms with Crippen LogP contribution < -0.4 is 9.64 Å². The molecule has 1 heterocycles. The van der Waals surface area contributed by atoms with Crippen LogP contribution in [-0.2, 0) is 14.3 Å². The Labute approximate surface area is 166 Å². The van der Waals surface area contributed by atoms with E-state index >= 15 is 0 Å². The van der Waals surface area contributed by atoms with Crippen molar-refractivity contribution in [2.75, 3.05) is 19.1 Å². The standard InChI is InChI=1S/C21H18BrNO4/c1-13-19(21(25)27-3)18(12-14-4-6-15(22)7-5-14)20(24)23(13)16-8-10-17(26-2)11-9-16/h4-12H,1-3H3/b18-12-. The molecule has 1 aliphatic rings. The lowest BCUT2D eigenvalue weighted by atomic mass is 10.0. The van der Waals surface area contributed by atoms with Gasteiger partial charge in [0.1, 0.15) is 5.75 Å². The topological polar surface area (TPSA) is 55.8 Å². The van der Waals surface area contributed by atoms with Crippen molar-refractivity contribution in [2.24, 2.45) is 0 Å². The molecule has 27 heavy (non-hydrogen) atoms. The van der Waals surface area contributed by atoms with Crippen molar-refractivity contribution in [3.8, 4) is 5.75 Å². The molecule has 3 rings (SSSR count). The minimum absolute atomic E-state index is 0.265. The Bertz CT molecular complexity index is 943. The Morgan fingerprint density at radius 3 is 2.22 bits per heavy atom. The Balaban J connectivity index is 2.09. The maximum atomic E-state index is 13.1. The predicted octanol–water partition coefficient (Wildman–Crippen LogP) is 4.33. The zero-order valence-electron chi connectivity index (χ0n) is 15.2. The van der Waals surface area contributed by atoms with Crippen LogP contribution in [0, 0.1) is 0 Å². The molecule has 2 aromatic rings. The van der Waals surface area contributed by atoms with Gasteiger partial charge in [-0.3, -0.25) is 9.69 Å². The lowest BCUT2D eigenvalue weighted by Gasteiger charge is -2.18. The Morgan fingerprint density at radius 2 is 1.67 bits per heavy atom. The first-order valence-electron chi connectivity index (χ1n) is 8.21. The number of esters is 1. The molecule has 0 saturated heterocycles. The molecule has 0 radical (unpaired) electrons. The number of hydrogen-bond donors (Lipinski definition) is 0. The van der Waals surface area contributed by atoms with Gasteiger partial charge in [0, 0.05) is 15.9 Å². The average Bonchev–Trinajstić information content (AvgIpc) is 2.93. The third-order valence-corrected chi connectivity index (χ3v) is 4.83. The summed E-state index contributed by atoms with van der Waals surface area (Å²) in [4.78, 5) is 27.0. The maximum absolute atomic E-state index is 13.1. The number of carbonyl (C=O) groups is 2. The molecule has 0 bridgehead atoms. The third kappa shape index (κ3) is 3.66. The molecule has 0 fully saturated rings. The van der Waals surface area contributed by atoms with Crippen molar-refractivity contribution in [1.29, 1.82) is 0 Å². The number of carbonyl (C=O) groups excluding carboxylic acids is 2. The summed E-state index contributed by atoms with van der Waals surface area (Å²) < 4.78 is 11.0. The first kappa shape index (κ1) is 18.9. The zero-order valence-corrected chi connectivity index (χ0v) is 16.7. The second-order valence-electron chi connectivity index (χ2n) is 5.90. The summed E-state index contributed by atoms with van der Waals surface area (Å²) in [7, 11) is 2.88. The summed E-state index contributed by atoms with van der Waals surface area (Å²) in [5, 5.41) is 0. The molecule has 138 valence electrons. The third-order valence-electron chi connectivity index (χ3n) is 4.30. The van der Waals surface area contributed by atoms with E-state index in [9.17, 15) is 9.59 Å². The second-order valence-corrected chi connectivity index (χ2v) is 6.82. The number of rotatable bonds is 4. The van der Waals surface area contributed by atoms with Gasteiger partial charge < -0.3 is 9.47 Å². The van der Waals surface area contributed by atoms with Crippen molar-refractivity contribution in [1.82, 2.24) is 0 Å². The maximum Gasteiger partial charge on any atom is 0.340 e. The zero-order chi connectivity index (χ0) is 19.6. The highest BCUT2D eigenvalue weighted by Crippen LogP contribution is 2.36. The predicted molar refractivity (Wildman–Crippen MR) is 107 cm³/mol. The van der Waals surface area contributed by atoms with Crippen LogP contribution in [0.4, 0.5) is 5.69 Å². The molecule has 0 unspecified atom stereocenters. The molecule has 2 aromatic carbocycles. The average molecular weight is 428 g/mol. The van der Waals surface area contributed by atoms with Gasteiger partial charge in [0.15, 0.2) is 0 Å². The highest BCUT2D eigenvalue weighted by molar-refractivity contribution is 9.10. The van der Waals surface area contributed by atoms with E-state index in [-0.39, 0.29) is 11.5 Å². The molecule has 0 saturated carbocycles. The van der Waals surface area contributed by atoms with Crippen LogP contribution in [0.5, 0.6) is 5.75 Å². The highest BCUT2D eigenvalue weighted by Gasteiger charge is 2.37. The first-order chi connectivity index (χ1) is 13.0. The summed E-state index contributed by atoms with van der Waals surface area (Å²) in [6.45, 7) is 1.73. The van der Waals surface area contributed by atoms with E-state index in [2.05, 4.69) is 15.9 Å². The lowest BCUT2D eigenvalue weighted by Crippen LogP contribution is -2.24. The first-order valence-corrected chi connectivity index (χ1v) is 9.01. The van der Waals surface area contributed by atoms with E-state index in [4.69, 9.17) is 9.47 Å². The van der Waals surface area contributed by atoms with Crippen LogP contribution in [0.1, 0.15) is 12.5 Å². The van der Waals surface area contributed by atoms with Crippen molar-refractivity contribution >= 4 is 39.6 Å². The summed E-state index contributed by atoms with van der Waals surface area (Å²) in [6, 6.07) is 14.6. The Kier molecular flexibility index (Phi) is 5.46. The van der Waals surface area contributed by atoms with Crippen molar-refractivity contribution < 1.29 is 19.1 Å². The van der Waals surface area contributed by atoms with E-state index in [0.29, 0.717) is 22.7 Å². The highest BCUT2D eigenvalue weighted by atomic mass is 79.9. The second kappa shape index (κ2) is 7.80. The van der Waals surface area contributed by atoms with Gasteiger partial charge in [-0.25, -0.2) is 4.79 Å². The molecule has 0 N–H and O–H groups in total. The van der Waals surface area contributed by atoms with Gasteiger partial charge in [0.2, 0.25) is 0 Å². The number of methoxy groups -OCH3 is 2. The molecule has 6 heteroatoms.